The summed E-state index contributed by atoms with van der Waals surface area (Å²) in [6, 6.07) is 3.52. The van der Waals surface area contributed by atoms with Crippen LogP contribution < -0.4 is 4.90 Å². The first kappa shape index (κ1) is 13.2. The fraction of sp³-hybridized carbons (Fsp3) is 0.333. The van der Waals surface area contributed by atoms with Gasteiger partial charge in [0.15, 0.2) is 5.71 Å². The van der Waals surface area contributed by atoms with Gasteiger partial charge in [-0.05, 0) is 24.6 Å². The summed E-state index contributed by atoms with van der Waals surface area (Å²) in [7, 11) is 0. The molecule has 1 fully saturated rings. The third kappa shape index (κ3) is 2.31. The Kier molecular flexibility index (Phi) is 3.04. The van der Waals surface area contributed by atoms with Gasteiger partial charge in [-0.3, -0.25) is 0 Å². The molecule has 0 bridgehead atoms. The minimum absolute atomic E-state index is 0.547. The molecule has 20 heavy (non-hydrogen) atoms. The maximum Gasteiger partial charge on any atom is 0.437 e. The lowest BCUT2D eigenvalue weighted by Crippen LogP contribution is -2.36. The van der Waals surface area contributed by atoms with E-state index in [1.807, 2.05) is 6.07 Å². The maximum absolute atomic E-state index is 12.7. The molecule has 1 saturated heterocycles. The van der Waals surface area contributed by atoms with Crippen molar-refractivity contribution in [3.05, 3.63) is 22.6 Å². The molecule has 0 amide bonds. The predicted octanol–water partition coefficient (Wildman–Crippen LogP) is 2.82. The lowest BCUT2D eigenvalue weighted by atomic mass is 10.1. The normalized spacial score (nSPS) is 20.9. The quantitative estimate of drug-likeness (QED) is 0.623. The first-order valence-corrected chi connectivity index (χ1v) is 6.70. The molecule has 106 valence electrons. The molecule has 1 aromatic rings. The standard InChI is InChI=1S/C12H9F3N2O2S/c13-12(14,15)10-8(11(18)19-16-10)6-7-2-3-9(20-7)17-4-1-5-17/h2-3,6H,1,4-5H2/b8-6+. The number of nitrogens with zero attached hydrogens (tertiary/aromatic N) is 2. The summed E-state index contributed by atoms with van der Waals surface area (Å²) in [5.74, 6) is -1.07. The van der Waals surface area contributed by atoms with Crippen LogP contribution in [0.4, 0.5) is 18.2 Å². The Hall–Kier alpha value is -1.83. The molecule has 3 heterocycles. The van der Waals surface area contributed by atoms with Crippen molar-refractivity contribution in [2.75, 3.05) is 18.0 Å². The van der Waals surface area contributed by atoms with Crippen LogP contribution in [0.1, 0.15) is 11.3 Å². The van der Waals surface area contributed by atoms with E-state index in [-0.39, 0.29) is 0 Å². The lowest BCUT2D eigenvalue weighted by molar-refractivity contribution is -0.136. The predicted molar refractivity (Wildman–Crippen MR) is 68.7 cm³/mol. The van der Waals surface area contributed by atoms with Gasteiger partial charge in [0, 0.05) is 18.0 Å². The summed E-state index contributed by atoms with van der Waals surface area (Å²) in [5.41, 5.74) is -1.82. The molecule has 3 rings (SSSR count). The fourth-order valence-corrected chi connectivity index (χ4v) is 2.88. The summed E-state index contributed by atoms with van der Waals surface area (Å²) < 4.78 is 38.0. The molecular weight excluding hydrogens is 293 g/mol. The third-order valence-electron chi connectivity index (χ3n) is 3.03. The molecule has 0 spiro atoms. The molecule has 0 aromatic carbocycles. The van der Waals surface area contributed by atoms with Gasteiger partial charge < -0.3 is 9.74 Å². The fourth-order valence-electron chi connectivity index (χ4n) is 1.88. The van der Waals surface area contributed by atoms with Crippen LogP contribution in [0.25, 0.3) is 6.08 Å². The topological polar surface area (TPSA) is 41.9 Å². The highest BCUT2D eigenvalue weighted by atomic mass is 32.1. The van der Waals surface area contributed by atoms with E-state index in [0.717, 1.165) is 24.5 Å². The van der Waals surface area contributed by atoms with Crippen LogP contribution in [0.15, 0.2) is 22.9 Å². The van der Waals surface area contributed by atoms with Gasteiger partial charge in [0.05, 0.1) is 10.6 Å². The summed E-state index contributed by atoms with van der Waals surface area (Å²) in [6.07, 6.45) is -2.41. The molecule has 0 N–H and O–H groups in total. The van der Waals surface area contributed by atoms with Crippen molar-refractivity contribution in [1.82, 2.24) is 0 Å². The third-order valence-corrected chi connectivity index (χ3v) is 4.12. The Morgan fingerprint density at radius 3 is 2.70 bits per heavy atom. The van der Waals surface area contributed by atoms with Gasteiger partial charge in [-0.15, -0.1) is 11.3 Å². The highest BCUT2D eigenvalue weighted by Crippen LogP contribution is 2.33. The molecule has 2 aliphatic heterocycles. The molecule has 1 aromatic heterocycles. The highest BCUT2D eigenvalue weighted by Gasteiger charge is 2.45. The van der Waals surface area contributed by atoms with Gasteiger partial charge in [0.25, 0.3) is 0 Å². The summed E-state index contributed by atoms with van der Waals surface area (Å²) in [6.45, 7) is 1.90. The number of thiophene rings is 1. The molecule has 0 aliphatic carbocycles. The Balaban J connectivity index is 1.88. The molecule has 0 unspecified atom stereocenters. The van der Waals surface area contributed by atoms with Crippen molar-refractivity contribution in [1.29, 1.82) is 0 Å². The van der Waals surface area contributed by atoms with Crippen LogP contribution >= 0.6 is 11.3 Å². The maximum atomic E-state index is 12.7. The van der Waals surface area contributed by atoms with E-state index in [1.54, 1.807) is 6.07 Å². The van der Waals surface area contributed by atoms with E-state index in [1.165, 1.54) is 17.4 Å². The van der Waals surface area contributed by atoms with Gasteiger partial charge in [0.2, 0.25) is 0 Å². The van der Waals surface area contributed by atoms with Crippen molar-refractivity contribution >= 4 is 34.1 Å². The van der Waals surface area contributed by atoms with Gasteiger partial charge in [0.1, 0.15) is 0 Å². The average molecular weight is 302 g/mol. The first-order valence-electron chi connectivity index (χ1n) is 5.88. The van der Waals surface area contributed by atoms with Crippen LogP contribution in [-0.2, 0) is 9.63 Å². The number of hydrogen-bond acceptors (Lipinski definition) is 5. The molecule has 0 saturated carbocycles. The number of carbonyl (C=O) groups is 1. The zero-order valence-electron chi connectivity index (χ0n) is 10.1. The molecule has 0 atom stereocenters. The van der Waals surface area contributed by atoms with Crippen LogP contribution in [0, 0.1) is 0 Å². The van der Waals surface area contributed by atoms with Crippen molar-refractivity contribution in [3.63, 3.8) is 0 Å². The Bertz CT molecular complexity index is 614. The second kappa shape index (κ2) is 4.62. The monoisotopic (exact) mass is 302 g/mol. The van der Waals surface area contributed by atoms with Crippen LogP contribution in [0.3, 0.4) is 0 Å². The first-order chi connectivity index (χ1) is 9.45. The number of hydrogen-bond donors (Lipinski definition) is 0. The number of carbonyl (C=O) groups excluding carboxylic acids is 1. The average Bonchev–Trinajstić information content (AvgIpc) is 2.85. The van der Waals surface area contributed by atoms with E-state index in [9.17, 15) is 18.0 Å². The van der Waals surface area contributed by atoms with Crippen LogP contribution in [0.5, 0.6) is 0 Å². The number of anilines is 1. The van der Waals surface area contributed by atoms with E-state index in [2.05, 4.69) is 14.9 Å². The highest BCUT2D eigenvalue weighted by molar-refractivity contribution is 7.17. The Morgan fingerprint density at radius 2 is 2.10 bits per heavy atom. The SMILES string of the molecule is O=C1ON=C(C(F)(F)F)/C1=C\c1ccc(N2CCC2)s1. The summed E-state index contributed by atoms with van der Waals surface area (Å²) in [4.78, 5) is 18.1. The molecule has 4 nitrogen and oxygen atoms in total. The second-order valence-electron chi connectivity index (χ2n) is 4.39. The zero-order valence-corrected chi connectivity index (χ0v) is 10.9. The number of oxime groups is 1. The minimum atomic E-state index is -4.70. The number of rotatable bonds is 2. The van der Waals surface area contributed by atoms with E-state index < -0.39 is 23.4 Å². The van der Waals surface area contributed by atoms with Gasteiger partial charge in [-0.2, -0.15) is 13.2 Å². The Labute approximate surface area is 116 Å². The van der Waals surface area contributed by atoms with E-state index >= 15 is 0 Å². The van der Waals surface area contributed by atoms with Crippen molar-refractivity contribution in [2.24, 2.45) is 5.16 Å². The Morgan fingerprint density at radius 1 is 1.35 bits per heavy atom. The molecule has 8 heteroatoms. The van der Waals surface area contributed by atoms with Crippen LogP contribution in [0.2, 0.25) is 0 Å². The zero-order chi connectivity index (χ0) is 14.3. The van der Waals surface area contributed by atoms with E-state index in [4.69, 9.17) is 0 Å². The summed E-state index contributed by atoms with van der Waals surface area (Å²) in [5, 5.41) is 3.79. The molecular formula is C12H9F3N2O2S. The van der Waals surface area contributed by atoms with E-state index in [0.29, 0.717) is 4.88 Å². The minimum Gasteiger partial charge on any atom is -0.363 e. The lowest BCUT2D eigenvalue weighted by Gasteiger charge is -2.31. The van der Waals surface area contributed by atoms with Gasteiger partial charge in [-0.25, -0.2) is 4.79 Å². The number of halogens is 3. The summed E-state index contributed by atoms with van der Waals surface area (Å²) >= 11 is 1.34. The molecule has 2 aliphatic rings. The van der Waals surface area contributed by atoms with Gasteiger partial charge in [-0.1, -0.05) is 5.16 Å². The smallest absolute Gasteiger partial charge is 0.363 e. The van der Waals surface area contributed by atoms with Crippen molar-refractivity contribution < 1.29 is 22.8 Å². The molecule has 0 radical (unpaired) electrons. The second-order valence-corrected chi connectivity index (χ2v) is 5.48. The van der Waals surface area contributed by atoms with Crippen LogP contribution in [-0.4, -0.2) is 30.9 Å². The van der Waals surface area contributed by atoms with Gasteiger partial charge >= 0.3 is 12.1 Å². The van der Waals surface area contributed by atoms with Crippen molar-refractivity contribution in [3.8, 4) is 0 Å². The largest absolute Gasteiger partial charge is 0.437 e. The van der Waals surface area contributed by atoms with Crippen molar-refractivity contribution in [2.45, 2.75) is 12.6 Å². The number of alkyl halides is 3.